The van der Waals surface area contributed by atoms with Crippen LogP contribution in [-0.4, -0.2) is 28.9 Å². The topological polar surface area (TPSA) is 62.1 Å². The fraction of sp³-hybridized carbons (Fsp3) is 0.526. The van der Waals surface area contributed by atoms with Crippen LogP contribution in [0.4, 0.5) is 0 Å². The lowest BCUT2D eigenvalue weighted by molar-refractivity contribution is -0.118. The van der Waals surface area contributed by atoms with Gasteiger partial charge in [-0.1, -0.05) is 37.5 Å². The zero-order valence-corrected chi connectivity index (χ0v) is 13.8. The first kappa shape index (κ1) is 16.1. The second-order valence-electron chi connectivity index (χ2n) is 6.64. The number of unbranched alkanes of at least 4 members (excludes halogenated alkanes) is 4. The van der Waals surface area contributed by atoms with Gasteiger partial charge in [0.2, 0.25) is 5.91 Å². The standard InChI is InChI=1S/C19H27N3O/c20-19(23)10-4-2-1-3-7-12-22-13-11-16-15-8-5-6-9-17(15)21-18(16)14-22/h5-6,8-9,21H,1-4,7,10-14H2,(H2,20,23). The van der Waals surface area contributed by atoms with E-state index < -0.39 is 0 Å². The number of H-pyrrole nitrogens is 1. The van der Waals surface area contributed by atoms with E-state index in [0.29, 0.717) is 6.42 Å². The number of carbonyl (C=O) groups is 1. The van der Waals surface area contributed by atoms with E-state index in [4.69, 9.17) is 5.73 Å². The van der Waals surface area contributed by atoms with Crippen molar-refractivity contribution >= 4 is 16.8 Å². The van der Waals surface area contributed by atoms with E-state index in [1.807, 2.05) is 0 Å². The van der Waals surface area contributed by atoms with Crippen molar-refractivity contribution in [3.63, 3.8) is 0 Å². The number of nitrogens with zero attached hydrogens (tertiary/aromatic N) is 1. The van der Waals surface area contributed by atoms with Crippen LogP contribution in [0.15, 0.2) is 24.3 Å². The minimum absolute atomic E-state index is 0.174. The highest BCUT2D eigenvalue weighted by atomic mass is 16.1. The summed E-state index contributed by atoms with van der Waals surface area (Å²) in [5.41, 5.74) is 9.34. The van der Waals surface area contributed by atoms with Crippen molar-refractivity contribution < 1.29 is 4.79 Å². The molecule has 2 heterocycles. The molecule has 0 saturated carbocycles. The Labute approximate surface area is 138 Å². The highest BCUT2D eigenvalue weighted by Gasteiger charge is 2.19. The third kappa shape index (κ3) is 4.14. The number of primary amides is 1. The van der Waals surface area contributed by atoms with Crippen LogP contribution in [-0.2, 0) is 17.8 Å². The van der Waals surface area contributed by atoms with E-state index >= 15 is 0 Å². The van der Waals surface area contributed by atoms with E-state index in [1.54, 1.807) is 0 Å². The summed E-state index contributed by atoms with van der Waals surface area (Å²) in [4.78, 5) is 16.8. The molecular formula is C19H27N3O. The molecule has 0 bridgehead atoms. The van der Waals surface area contributed by atoms with Crippen LogP contribution in [0.5, 0.6) is 0 Å². The molecule has 0 aliphatic carbocycles. The fourth-order valence-electron chi connectivity index (χ4n) is 3.60. The van der Waals surface area contributed by atoms with E-state index in [0.717, 1.165) is 32.4 Å². The molecule has 3 rings (SSSR count). The van der Waals surface area contributed by atoms with Crippen LogP contribution in [0, 0.1) is 0 Å². The highest BCUT2D eigenvalue weighted by molar-refractivity contribution is 5.84. The molecular weight excluding hydrogens is 286 g/mol. The SMILES string of the molecule is NC(=O)CCCCCCCN1CCc2c([nH]c3ccccc23)C1. The Morgan fingerprint density at radius 3 is 2.78 bits per heavy atom. The van der Waals surface area contributed by atoms with E-state index in [2.05, 4.69) is 34.1 Å². The van der Waals surface area contributed by atoms with E-state index in [1.165, 1.54) is 48.0 Å². The Hall–Kier alpha value is -1.81. The minimum atomic E-state index is -0.174. The van der Waals surface area contributed by atoms with Crippen molar-refractivity contribution in [2.24, 2.45) is 5.73 Å². The number of fused-ring (bicyclic) bond motifs is 3. The van der Waals surface area contributed by atoms with Gasteiger partial charge in [0.05, 0.1) is 0 Å². The number of rotatable bonds is 8. The van der Waals surface area contributed by atoms with Crippen molar-refractivity contribution in [2.75, 3.05) is 13.1 Å². The molecule has 0 radical (unpaired) electrons. The van der Waals surface area contributed by atoms with Gasteiger partial charge in [0.1, 0.15) is 0 Å². The Morgan fingerprint density at radius 2 is 1.91 bits per heavy atom. The normalized spacial score (nSPS) is 15.0. The van der Waals surface area contributed by atoms with E-state index in [9.17, 15) is 4.79 Å². The lowest BCUT2D eigenvalue weighted by Crippen LogP contribution is -2.31. The average molecular weight is 313 g/mol. The second kappa shape index (κ2) is 7.64. The number of hydrogen-bond donors (Lipinski definition) is 2. The van der Waals surface area contributed by atoms with Crippen LogP contribution < -0.4 is 5.73 Å². The maximum Gasteiger partial charge on any atom is 0.217 e. The molecule has 124 valence electrons. The quantitative estimate of drug-likeness (QED) is 0.734. The number of benzene rings is 1. The molecule has 3 N–H and O–H groups in total. The average Bonchev–Trinajstić information content (AvgIpc) is 2.91. The molecule has 0 unspecified atom stereocenters. The Kier molecular flexibility index (Phi) is 5.34. The molecule has 1 aliphatic heterocycles. The number of amides is 1. The number of hydrogen-bond acceptors (Lipinski definition) is 2. The van der Waals surface area contributed by atoms with Crippen LogP contribution in [0.1, 0.15) is 49.8 Å². The molecule has 23 heavy (non-hydrogen) atoms. The smallest absolute Gasteiger partial charge is 0.217 e. The fourth-order valence-corrected chi connectivity index (χ4v) is 3.60. The lowest BCUT2D eigenvalue weighted by atomic mass is 10.0. The molecule has 4 nitrogen and oxygen atoms in total. The van der Waals surface area contributed by atoms with Crippen molar-refractivity contribution in [3.05, 3.63) is 35.5 Å². The van der Waals surface area contributed by atoms with Gasteiger partial charge in [-0.2, -0.15) is 0 Å². The molecule has 0 saturated heterocycles. The monoisotopic (exact) mass is 313 g/mol. The molecule has 1 aromatic heterocycles. The first-order valence-electron chi connectivity index (χ1n) is 8.83. The van der Waals surface area contributed by atoms with E-state index in [-0.39, 0.29) is 5.91 Å². The number of nitrogens with two attached hydrogens (primary N) is 1. The van der Waals surface area contributed by atoms with Crippen molar-refractivity contribution in [1.29, 1.82) is 0 Å². The highest BCUT2D eigenvalue weighted by Crippen LogP contribution is 2.27. The summed E-state index contributed by atoms with van der Waals surface area (Å²) in [5.74, 6) is -0.174. The van der Waals surface area contributed by atoms with Gasteiger partial charge >= 0.3 is 0 Å². The van der Waals surface area contributed by atoms with Gasteiger partial charge in [-0.05, 0) is 37.4 Å². The van der Waals surface area contributed by atoms with Gasteiger partial charge in [0, 0.05) is 36.1 Å². The van der Waals surface area contributed by atoms with Gasteiger partial charge in [-0.3, -0.25) is 9.69 Å². The van der Waals surface area contributed by atoms with Gasteiger partial charge in [-0.25, -0.2) is 0 Å². The summed E-state index contributed by atoms with van der Waals surface area (Å²) < 4.78 is 0. The number of aromatic amines is 1. The summed E-state index contributed by atoms with van der Waals surface area (Å²) >= 11 is 0. The largest absolute Gasteiger partial charge is 0.370 e. The molecule has 1 amide bonds. The maximum absolute atomic E-state index is 10.7. The van der Waals surface area contributed by atoms with Crippen LogP contribution >= 0.6 is 0 Å². The number of aromatic nitrogens is 1. The lowest BCUT2D eigenvalue weighted by Gasteiger charge is -2.26. The third-order valence-electron chi connectivity index (χ3n) is 4.86. The first-order chi connectivity index (χ1) is 11.2. The van der Waals surface area contributed by atoms with Gasteiger partial charge in [0.15, 0.2) is 0 Å². The molecule has 1 aromatic carbocycles. The Morgan fingerprint density at radius 1 is 1.13 bits per heavy atom. The summed E-state index contributed by atoms with van der Waals surface area (Å²) in [7, 11) is 0. The molecule has 4 heteroatoms. The summed E-state index contributed by atoms with van der Waals surface area (Å²) in [6, 6.07) is 8.62. The van der Waals surface area contributed by atoms with Gasteiger partial charge in [0.25, 0.3) is 0 Å². The Bertz CT molecular complexity index is 662. The predicted octanol–water partition coefficient (Wildman–Crippen LogP) is 3.35. The zero-order chi connectivity index (χ0) is 16.1. The first-order valence-corrected chi connectivity index (χ1v) is 8.83. The third-order valence-corrected chi connectivity index (χ3v) is 4.86. The van der Waals surface area contributed by atoms with Crippen LogP contribution in [0.3, 0.4) is 0 Å². The number of carbonyl (C=O) groups excluding carboxylic acids is 1. The number of para-hydroxylation sites is 1. The van der Waals surface area contributed by atoms with Crippen molar-refractivity contribution in [1.82, 2.24) is 9.88 Å². The van der Waals surface area contributed by atoms with Gasteiger partial charge in [-0.15, -0.1) is 0 Å². The summed E-state index contributed by atoms with van der Waals surface area (Å²) in [5, 5.41) is 1.40. The molecule has 2 aromatic rings. The van der Waals surface area contributed by atoms with Crippen molar-refractivity contribution in [2.45, 2.75) is 51.5 Å². The Balaban J connectivity index is 1.41. The molecule has 0 fully saturated rings. The van der Waals surface area contributed by atoms with Gasteiger partial charge < -0.3 is 10.7 Å². The minimum Gasteiger partial charge on any atom is -0.370 e. The van der Waals surface area contributed by atoms with Crippen LogP contribution in [0.25, 0.3) is 10.9 Å². The van der Waals surface area contributed by atoms with Crippen LogP contribution in [0.2, 0.25) is 0 Å². The maximum atomic E-state index is 10.7. The summed E-state index contributed by atoms with van der Waals surface area (Å²) in [6.07, 6.45) is 7.44. The number of nitrogens with one attached hydrogen (secondary N) is 1. The second-order valence-corrected chi connectivity index (χ2v) is 6.64. The predicted molar refractivity (Wildman–Crippen MR) is 94.2 cm³/mol. The zero-order valence-electron chi connectivity index (χ0n) is 13.8. The molecule has 0 atom stereocenters. The molecule has 1 aliphatic rings. The summed E-state index contributed by atoms with van der Waals surface area (Å²) in [6.45, 7) is 3.38. The molecule has 0 spiro atoms. The van der Waals surface area contributed by atoms with Crippen molar-refractivity contribution in [3.8, 4) is 0 Å².